The van der Waals surface area contributed by atoms with E-state index in [2.05, 4.69) is 5.32 Å². The summed E-state index contributed by atoms with van der Waals surface area (Å²) in [7, 11) is 0. The minimum absolute atomic E-state index is 0.0334. The normalized spacial score (nSPS) is 18.0. The Hall–Kier alpha value is -2.14. The third kappa shape index (κ3) is 2.97. The van der Waals surface area contributed by atoms with E-state index in [-0.39, 0.29) is 11.7 Å². The van der Waals surface area contributed by atoms with Crippen LogP contribution in [0.2, 0.25) is 0 Å². The van der Waals surface area contributed by atoms with Crippen LogP contribution in [0.25, 0.3) is 11.0 Å². The highest BCUT2D eigenvalue weighted by molar-refractivity contribution is 5.96. The molecule has 1 fully saturated rings. The highest BCUT2D eigenvalue weighted by atomic mass is 16.5. The van der Waals surface area contributed by atoms with E-state index < -0.39 is 11.5 Å². The highest BCUT2D eigenvalue weighted by Crippen LogP contribution is 2.15. The monoisotopic (exact) mass is 287 g/mol. The van der Waals surface area contributed by atoms with Gasteiger partial charge in [0, 0.05) is 18.5 Å². The molecule has 110 valence electrons. The number of carbonyl (C=O) groups is 1. The average Bonchev–Trinajstić information content (AvgIpc) is 2.98. The standard InChI is InChI=1S/C16H17NO4/c1-10-4-5-14-11(7-10)8-13(16(19)21-14)15(18)17-9-12-3-2-6-20-12/h4-5,7-8,12H,2-3,6,9H2,1H3,(H,17,18). The predicted molar refractivity (Wildman–Crippen MR) is 78.5 cm³/mol. The number of hydrogen-bond acceptors (Lipinski definition) is 4. The van der Waals surface area contributed by atoms with Crippen LogP contribution in [0, 0.1) is 6.92 Å². The lowest BCUT2D eigenvalue weighted by atomic mass is 10.1. The molecule has 1 amide bonds. The number of carbonyl (C=O) groups excluding carboxylic acids is 1. The van der Waals surface area contributed by atoms with Crippen molar-refractivity contribution in [1.29, 1.82) is 0 Å². The molecule has 0 aliphatic carbocycles. The average molecular weight is 287 g/mol. The molecular weight excluding hydrogens is 270 g/mol. The Morgan fingerprint density at radius 2 is 2.24 bits per heavy atom. The largest absolute Gasteiger partial charge is 0.422 e. The van der Waals surface area contributed by atoms with Crippen molar-refractivity contribution in [2.45, 2.75) is 25.9 Å². The number of aryl methyl sites for hydroxylation is 1. The first-order valence-electron chi connectivity index (χ1n) is 7.08. The van der Waals surface area contributed by atoms with E-state index in [9.17, 15) is 9.59 Å². The fourth-order valence-corrected chi connectivity index (χ4v) is 2.51. The maximum absolute atomic E-state index is 12.1. The second kappa shape index (κ2) is 5.69. The molecule has 21 heavy (non-hydrogen) atoms. The Bertz CT molecular complexity index is 729. The number of nitrogens with one attached hydrogen (secondary N) is 1. The quantitative estimate of drug-likeness (QED) is 0.877. The first-order chi connectivity index (χ1) is 10.1. The summed E-state index contributed by atoms with van der Waals surface area (Å²) in [6.45, 7) is 3.10. The van der Waals surface area contributed by atoms with Crippen LogP contribution in [-0.4, -0.2) is 25.2 Å². The van der Waals surface area contributed by atoms with Crippen molar-refractivity contribution in [3.8, 4) is 0 Å². The summed E-state index contributed by atoms with van der Waals surface area (Å²) in [5.74, 6) is -0.414. The first kappa shape index (κ1) is 13.8. The number of rotatable bonds is 3. The summed E-state index contributed by atoms with van der Waals surface area (Å²) in [5.41, 5.74) is 0.950. The van der Waals surface area contributed by atoms with Crippen molar-refractivity contribution in [1.82, 2.24) is 5.32 Å². The smallest absolute Gasteiger partial charge is 0.349 e. The fourth-order valence-electron chi connectivity index (χ4n) is 2.51. The molecule has 5 nitrogen and oxygen atoms in total. The molecule has 1 saturated heterocycles. The number of fused-ring (bicyclic) bond motifs is 1. The van der Waals surface area contributed by atoms with E-state index in [0.29, 0.717) is 12.1 Å². The predicted octanol–water partition coefficient (Wildman–Crippen LogP) is 2.01. The summed E-state index contributed by atoms with van der Waals surface area (Å²) >= 11 is 0. The van der Waals surface area contributed by atoms with E-state index >= 15 is 0 Å². The van der Waals surface area contributed by atoms with Gasteiger partial charge in [-0.3, -0.25) is 4.79 Å². The molecule has 1 N–H and O–H groups in total. The minimum Gasteiger partial charge on any atom is -0.422 e. The molecular formula is C16H17NO4. The van der Waals surface area contributed by atoms with Crippen molar-refractivity contribution in [2.24, 2.45) is 0 Å². The number of hydrogen-bond donors (Lipinski definition) is 1. The first-order valence-corrected chi connectivity index (χ1v) is 7.08. The van der Waals surface area contributed by atoms with Crippen LogP contribution in [0.15, 0.2) is 33.5 Å². The van der Waals surface area contributed by atoms with Crippen molar-refractivity contribution in [2.75, 3.05) is 13.2 Å². The Balaban J connectivity index is 1.83. The topological polar surface area (TPSA) is 68.5 Å². The Labute approximate surface area is 121 Å². The third-order valence-corrected chi connectivity index (χ3v) is 3.65. The van der Waals surface area contributed by atoms with Crippen LogP contribution >= 0.6 is 0 Å². The van der Waals surface area contributed by atoms with Gasteiger partial charge in [0.15, 0.2) is 0 Å². The van der Waals surface area contributed by atoms with Crippen molar-refractivity contribution >= 4 is 16.9 Å². The van der Waals surface area contributed by atoms with E-state index in [0.717, 1.165) is 30.4 Å². The van der Waals surface area contributed by atoms with Gasteiger partial charge in [-0.1, -0.05) is 11.6 Å². The molecule has 1 aliphatic heterocycles. The summed E-state index contributed by atoms with van der Waals surface area (Å²) in [5, 5.41) is 3.48. The zero-order valence-electron chi connectivity index (χ0n) is 11.8. The molecule has 0 bridgehead atoms. The summed E-state index contributed by atoms with van der Waals surface area (Å²) in [6.07, 6.45) is 1.99. The molecule has 3 rings (SSSR count). The molecule has 1 unspecified atom stereocenters. The van der Waals surface area contributed by atoms with Crippen LogP contribution in [0.3, 0.4) is 0 Å². The minimum atomic E-state index is -0.615. The van der Waals surface area contributed by atoms with Crippen LogP contribution in [0.4, 0.5) is 0 Å². The second-order valence-corrected chi connectivity index (χ2v) is 5.33. The van der Waals surface area contributed by atoms with Crippen LogP contribution in [0.5, 0.6) is 0 Å². The van der Waals surface area contributed by atoms with Crippen molar-refractivity contribution in [3.05, 3.63) is 45.8 Å². The second-order valence-electron chi connectivity index (χ2n) is 5.33. The van der Waals surface area contributed by atoms with Crippen LogP contribution in [-0.2, 0) is 4.74 Å². The zero-order valence-corrected chi connectivity index (χ0v) is 11.8. The SMILES string of the molecule is Cc1ccc2oc(=O)c(C(=O)NCC3CCCO3)cc2c1. The molecule has 1 aliphatic rings. The Morgan fingerprint density at radius 1 is 1.38 bits per heavy atom. The van der Waals surface area contributed by atoms with E-state index in [4.69, 9.17) is 9.15 Å². The van der Waals surface area contributed by atoms with Gasteiger partial charge in [0.25, 0.3) is 5.91 Å². The number of ether oxygens (including phenoxy) is 1. The van der Waals surface area contributed by atoms with Crippen molar-refractivity contribution < 1.29 is 13.9 Å². The Morgan fingerprint density at radius 3 is 3.00 bits per heavy atom. The summed E-state index contributed by atoms with van der Waals surface area (Å²) in [6, 6.07) is 7.07. The van der Waals surface area contributed by atoms with Gasteiger partial charge in [-0.25, -0.2) is 4.79 Å². The van der Waals surface area contributed by atoms with E-state index in [1.54, 1.807) is 12.1 Å². The van der Waals surface area contributed by atoms with E-state index in [1.165, 1.54) is 0 Å². The lowest BCUT2D eigenvalue weighted by molar-refractivity contribution is 0.0855. The van der Waals surface area contributed by atoms with Crippen LogP contribution in [0.1, 0.15) is 28.8 Å². The maximum atomic E-state index is 12.1. The molecule has 0 spiro atoms. The number of benzene rings is 1. The molecule has 2 heterocycles. The van der Waals surface area contributed by atoms with Gasteiger partial charge in [0.1, 0.15) is 11.1 Å². The van der Waals surface area contributed by atoms with Gasteiger partial charge >= 0.3 is 5.63 Å². The lowest BCUT2D eigenvalue weighted by Gasteiger charge is -2.10. The van der Waals surface area contributed by atoms with Crippen molar-refractivity contribution in [3.63, 3.8) is 0 Å². The van der Waals surface area contributed by atoms with Gasteiger partial charge in [-0.2, -0.15) is 0 Å². The Kier molecular flexibility index (Phi) is 3.75. The molecule has 2 aromatic rings. The summed E-state index contributed by atoms with van der Waals surface area (Å²) in [4.78, 5) is 24.0. The summed E-state index contributed by atoms with van der Waals surface area (Å²) < 4.78 is 10.6. The molecule has 0 saturated carbocycles. The van der Waals surface area contributed by atoms with Gasteiger partial charge in [-0.05, 0) is 38.0 Å². The van der Waals surface area contributed by atoms with E-state index in [1.807, 2.05) is 19.1 Å². The molecule has 1 atom stereocenters. The lowest BCUT2D eigenvalue weighted by Crippen LogP contribution is -2.34. The molecule has 1 aromatic carbocycles. The highest BCUT2D eigenvalue weighted by Gasteiger charge is 2.18. The molecule has 5 heteroatoms. The van der Waals surface area contributed by atoms with Crippen LogP contribution < -0.4 is 10.9 Å². The molecule has 1 aromatic heterocycles. The number of amides is 1. The third-order valence-electron chi connectivity index (χ3n) is 3.65. The van der Waals surface area contributed by atoms with Gasteiger partial charge < -0.3 is 14.5 Å². The van der Waals surface area contributed by atoms with Gasteiger partial charge in [0.05, 0.1) is 6.10 Å². The zero-order chi connectivity index (χ0) is 14.8. The van der Waals surface area contributed by atoms with Gasteiger partial charge in [0.2, 0.25) is 0 Å². The maximum Gasteiger partial charge on any atom is 0.349 e. The fraction of sp³-hybridized carbons (Fsp3) is 0.375. The molecule has 0 radical (unpaired) electrons. The van der Waals surface area contributed by atoms with Gasteiger partial charge in [-0.15, -0.1) is 0 Å².